The van der Waals surface area contributed by atoms with Crippen LogP contribution in [0.5, 0.6) is 0 Å². The lowest BCUT2D eigenvalue weighted by Gasteiger charge is -2.15. The molecule has 0 aliphatic carbocycles. The third-order valence-corrected chi connectivity index (χ3v) is 3.20. The molecule has 0 fully saturated rings. The maximum Gasteiger partial charge on any atom is 0.322 e. The first-order valence-electron chi connectivity index (χ1n) is 6.31. The van der Waals surface area contributed by atoms with Crippen molar-refractivity contribution in [2.75, 3.05) is 12.4 Å². The highest BCUT2D eigenvalue weighted by molar-refractivity contribution is 6.30. The number of nitrogens with one attached hydrogen (secondary N) is 1. The molecule has 2 aromatic rings. The number of hydrogen-bond donors (Lipinski definition) is 1. The zero-order valence-electron chi connectivity index (χ0n) is 11.4. The quantitative estimate of drug-likeness (QED) is 0.697. The predicted molar refractivity (Wildman–Crippen MR) is 81.3 cm³/mol. The number of amides is 1. The predicted octanol–water partition coefficient (Wildman–Crippen LogP) is 3.24. The molecule has 1 atom stereocenters. The van der Waals surface area contributed by atoms with Crippen molar-refractivity contribution < 1.29 is 14.3 Å². The molecule has 0 heterocycles. The van der Waals surface area contributed by atoms with E-state index in [4.69, 9.17) is 16.3 Å². The Labute approximate surface area is 127 Å². The number of anilines is 1. The Bertz CT molecular complexity index is 626. The van der Waals surface area contributed by atoms with Gasteiger partial charge in [0.2, 0.25) is 5.91 Å². The zero-order valence-corrected chi connectivity index (χ0v) is 12.1. The van der Waals surface area contributed by atoms with Gasteiger partial charge in [0.25, 0.3) is 0 Å². The molecule has 0 spiro atoms. The molecule has 4 nitrogen and oxygen atoms in total. The summed E-state index contributed by atoms with van der Waals surface area (Å²) < 4.78 is 4.72. The first kappa shape index (κ1) is 15.1. The van der Waals surface area contributed by atoms with Crippen LogP contribution in [0.25, 0.3) is 0 Å². The molecular formula is C16H14ClNO3. The lowest BCUT2D eigenvalue weighted by Crippen LogP contribution is -2.28. The normalized spacial score (nSPS) is 11.5. The highest BCUT2D eigenvalue weighted by Gasteiger charge is 2.29. The summed E-state index contributed by atoms with van der Waals surface area (Å²) in [5, 5.41) is 3.25. The molecule has 0 bridgehead atoms. The fraction of sp³-hybridized carbons (Fsp3) is 0.125. The molecule has 2 rings (SSSR count). The molecule has 1 N–H and O–H groups in total. The average molecular weight is 304 g/mol. The van der Waals surface area contributed by atoms with Gasteiger partial charge in [0.1, 0.15) is 0 Å². The van der Waals surface area contributed by atoms with Crippen LogP contribution in [0.2, 0.25) is 5.02 Å². The monoisotopic (exact) mass is 303 g/mol. The van der Waals surface area contributed by atoms with Crippen LogP contribution in [0, 0.1) is 0 Å². The number of carbonyl (C=O) groups is 2. The van der Waals surface area contributed by atoms with Crippen molar-refractivity contribution in [3.63, 3.8) is 0 Å². The third-order valence-electron chi connectivity index (χ3n) is 2.94. The Morgan fingerprint density at radius 1 is 1.05 bits per heavy atom. The minimum atomic E-state index is -1.01. The Hall–Kier alpha value is -2.33. The minimum absolute atomic E-state index is 0.449. The topological polar surface area (TPSA) is 55.4 Å². The molecule has 0 aliphatic rings. The highest BCUT2D eigenvalue weighted by atomic mass is 35.5. The van der Waals surface area contributed by atoms with Crippen molar-refractivity contribution in [2.45, 2.75) is 5.92 Å². The van der Waals surface area contributed by atoms with Gasteiger partial charge in [-0.3, -0.25) is 9.59 Å². The van der Waals surface area contributed by atoms with Crippen molar-refractivity contribution in [1.82, 2.24) is 0 Å². The average Bonchev–Trinajstić information content (AvgIpc) is 2.50. The lowest BCUT2D eigenvalue weighted by molar-refractivity contribution is -0.145. The smallest absolute Gasteiger partial charge is 0.322 e. The maximum atomic E-state index is 12.4. The molecule has 1 amide bonds. The Balaban J connectivity index is 2.23. The molecule has 1 unspecified atom stereocenters. The Morgan fingerprint density at radius 2 is 1.67 bits per heavy atom. The summed E-state index contributed by atoms with van der Waals surface area (Å²) in [5.74, 6) is -2.06. The third kappa shape index (κ3) is 3.83. The van der Waals surface area contributed by atoms with Crippen molar-refractivity contribution in [1.29, 1.82) is 0 Å². The molecule has 0 radical (unpaired) electrons. The maximum absolute atomic E-state index is 12.4. The summed E-state index contributed by atoms with van der Waals surface area (Å²) in [6, 6.07) is 15.4. The molecule has 2 aromatic carbocycles. The van der Waals surface area contributed by atoms with Gasteiger partial charge < -0.3 is 10.1 Å². The molecule has 0 saturated carbocycles. The van der Waals surface area contributed by atoms with Crippen LogP contribution >= 0.6 is 11.6 Å². The number of rotatable bonds is 4. The van der Waals surface area contributed by atoms with Gasteiger partial charge in [0.05, 0.1) is 7.11 Å². The van der Waals surface area contributed by atoms with Gasteiger partial charge in [-0.25, -0.2) is 0 Å². The first-order valence-corrected chi connectivity index (χ1v) is 6.69. The van der Waals surface area contributed by atoms with Crippen LogP contribution in [0.15, 0.2) is 54.6 Å². The van der Waals surface area contributed by atoms with Crippen molar-refractivity contribution in [3.8, 4) is 0 Å². The van der Waals surface area contributed by atoms with E-state index in [1.807, 2.05) is 6.07 Å². The first-order chi connectivity index (χ1) is 10.1. The summed E-state index contributed by atoms with van der Waals surface area (Å²) in [5.41, 5.74) is 1.14. The van der Waals surface area contributed by atoms with E-state index in [1.54, 1.807) is 48.5 Å². The Kier molecular flexibility index (Phi) is 4.95. The highest BCUT2D eigenvalue weighted by Crippen LogP contribution is 2.21. The largest absolute Gasteiger partial charge is 0.468 e. The van der Waals surface area contributed by atoms with Crippen LogP contribution in [0.3, 0.4) is 0 Å². The lowest BCUT2D eigenvalue weighted by atomic mass is 9.98. The number of halogens is 1. The molecular weight excluding hydrogens is 290 g/mol. The fourth-order valence-corrected chi connectivity index (χ4v) is 2.03. The summed E-state index contributed by atoms with van der Waals surface area (Å²) >= 11 is 5.79. The van der Waals surface area contributed by atoms with Gasteiger partial charge in [0.15, 0.2) is 5.92 Å². The van der Waals surface area contributed by atoms with E-state index in [9.17, 15) is 9.59 Å². The summed E-state index contributed by atoms with van der Waals surface area (Å²) in [6.07, 6.45) is 0. The molecule has 5 heteroatoms. The number of esters is 1. The van der Waals surface area contributed by atoms with E-state index in [-0.39, 0.29) is 0 Å². The molecule has 0 saturated heterocycles. The summed E-state index contributed by atoms with van der Waals surface area (Å²) in [6.45, 7) is 0. The van der Waals surface area contributed by atoms with Gasteiger partial charge in [-0.15, -0.1) is 0 Å². The number of benzene rings is 2. The van der Waals surface area contributed by atoms with Crippen molar-refractivity contribution >= 4 is 29.2 Å². The van der Waals surface area contributed by atoms with Crippen LogP contribution in [-0.2, 0) is 14.3 Å². The van der Waals surface area contributed by atoms with E-state index in [1.165, 1.54) is 7.11 Å². The molecule has 21 heavy (non-hydrogen) atoms. The second-order valence-corrected chi connectivity index (χ2v) is 4.80. The van der Waals surface area contributed by atoms with E-state index >= 15 is 0 Å². The molecule has 108 valence electrons. The van der Waals surface area contributed by atoms with Gasteiger partial charge in [0, 0.05) is 10.7 Å². The molecule has 0 aliphatic heterocycles. The Morgan fingerprint density at radius 3 is 2.24 bits per heavy atom. The number of methoxy groups -OCH3 is 1. The van der Waals surface area contributed by atoms with Crippen LogP contribution < -0.4 is 5.32 Å². The standard InChI is InChI=1S/C16H14ClNO3/c1-21-16(20)14(11-5-3-2-4-6-11)15(19)18-13-9-7-12(17)8-10-13/h2-10,14H,1H3,(H,18,19). The van der Waals surface area contributed by atoms with E-state index in [2.05, 4.69) is 5.32 Å². The number of carbonyl (C=O) groups excluding carboxylic acids is 2. The number of hydrogen-bond acceptors (Lipinski definition) is 3. The van der Waals surface area contributed by atoms with E-state index in [0.717, 1.165) is 0 Å². The van der Waals surface area contributed by atoms with Crippen LogP contribution in [0.4, 0.5) is 5.69 Å². The summed E-state index contributed by atoms with van der Waals surface area (Å²) in [7, 11) is 1.26. The number of ether oxygens (including phenoxy) is 1. The minimum Gasteiger partial charge on any atom is -0.468 e. The molecule has 0 aromatic heterocycles. The SMILES string of the molecule is COC(=O)C(C(=O)Nc1ccc(Cl)cc1)c1ccccc1. The van der Waals surface area contributed by atoms with Crippen molar-refractivity contribution in [2.24, 2.45) is 0 Å². The zero-order chi connectivity index (χ0) is 15.2. The fourth-order valence-electron chi connectivity index (χ4n) is 1.91. The van der Waals surface area contributed by atoms with Gasteiger partial charge in [-0.05, 0) is 29.8 Å². The summed E-state index contributed by atoms with van der Waals surface area (Å²) in [4.78, 5) is 24.2. The van der Waals surface area contributed by atoms with Crippen LogP contribution in [0.1, 0.15) is 11.5 Å². The van der Waals surface area contributed by atoms with E-state index < -0.39 is 17.8 Å². The van der Waals surface area contributed by atoms with Crippen molar-refractivity contribution in [3.05, 3.63) is 65.2 Å². The van der Waals surface area contributed by atoms with Gasteiger partial charge >= 0.3 is 5.97 Å². The second-order valence-electron chi connectivity index (χ2n) is 4.36. The van der Waals surface area contributed by atoms with Gasteiger partial charge in [-0.1, -0.05) is 41.9 Å². The second kappa shape index (κ2) is 6.90. The van der Waals surface area contributed by atoms with E-state index in [0.29, 0.717) is 16.3 Å². The van der Waals surface area contributed by atoms with Gasteiger partial charge in [-0.2, -0.15) is 0 Å². The van der Waals surface area contributed by atoms with Crippen LogP contribution in [-0.4, -0.2) is 19.0 Å².